The molecular weight excluding hydrogens is 373 g/mol. The molecule has 1 fully saturated rings. The summed E-state index contributed by atoms with van der Waals surface area (Å²) >= 11 is 7.25. The van der Waals surface area contributed by atoms with Gasteiger partial charge in [0.25, 0.3) is 0 Å². The van der Waals surface area contributed by atoms with Crippen LogP contribution in [0.15, 0.2) is 35.7 Å². The third-order valence-corrected chi connectivity index (χ3v) is 5.25. The fourth-order valence-corrected chi connectivity index (χ4v) is 3.75. The van der Waals surface area contributed by atoms with Crippen molar-refractivity contribution >= 4 is 34.5 Å². The van der Waals surface area contributed by atoms with Crippen molar-refractivity contribution in [2.75, 3.05) is 31.1 Å². The number of alkyl halides is 3. The summed E-state index contributed by atoms with van der Waals surface area (Å²) in [6.45, 7) is 1.54. The van der Waals surface area contributed by atoms with Crippen molar-refractivity contribution in [2.45, 2.75) is 12.6 Å². The predicted molar refractivity (Wildman–Crippen MR) is 93.3 cm³/mol. The van der Waals surface area contributed by atoms with Crippen LogP contribution in [0.2, 0.25) is 5.02 Å². The first-order chi connectivity index (χ1) is 11.8. The second-order valence-electron chi connectivity index (χ2n) is 5.78. The summed E-state index contributed by atoms with van der Waals surface area (Å²) in [4.78, 5) is 16.7. The summed E-state index contributed by atoms with van der Waals surface area (Å²) in [5, 5.41) is 1.97. The van der Waals surface area contributed by atoms with E-state index in [0.717, 1.165) is 10.9 Å². The van der Waals surface area contributed by atoms with Gasteiger partial charge in [0, 0.05) is 41.8 Å². The number of carbonyl (C=O) groups is 1. The summed E-state index contributed by atoms with van der Waals surface area (Å²) in [5.74, 6) is 0.00857. The van der Waals surface area contributed by atoms with Gasteiger partial charge < -0.3 is 9.80 Å². The van der Waals surface area contributed by atoms with E-state index in [1.54, 1.807) is 9.80 Å². The number of nitrogens with zero attached hydrogens (tertiary/aromatic N) is 2. The number of halogens is 4. The first-order valence-corrected chi connectivity index (χ1v) is 9.02. The van der Waals surface area contributed by atoms with E-state index in [-0.39, 0.29) is 16.6 Å². The van der Waals surface area contributed by atoms with Crippen molar-refractivity contribution in [1.29, 1.82) is 0 Å². The lowest BCUT2D eigenvalue weighted by atomic mass is 10.1. The minimum absolute atomic E-state index is 0.00857. The molecule has 3 nitrogen and oxygen atoms in total. The van der Waals surface area contributed by atoms with Gasteiger partial charge in [-0.3, -0.25) is 4.79 Å². The largest absolute Gasteiger partial charge is 0.418 e. The van der Waals surface area contributed by atoms with Gasteiger partial charge in [-0.05, 0) is 29.6 Å². The molecular formula is C17H16ClF3N2OS. The maximum Gasteiger partial charge on any atom is 0.418 e. The summed E-state index contributed by atoms with van der Waals surface area (Å²) in [6.07, 6.45) is -4.13. The van der Waals surface area contributed by atoms with Crippen molar-refractivity contribution in [3.05, 3.63) is 51.2 Å². The van der Waals surface area contributed by atoms with E-state index in [9.17, 15) is 18.0 Å². The van der Waals surface area contributed by atoms with Gasteiger partial charge in [-0.2, -0.15) is 13.2 Å². The molecule has 2 aromatic rings. The summed E-state index contributed by atoms with van der Waals surface area (Å²) in [6, 6.07) is 7.60. The molecule has 1 aliphatic rings. The number of amides is 1. The Morgan fingerprint density at radius 2 is 1.88 bits per heavy atom. The maximum absolute atomic E-state index is 13.3. The van der Waals surface area contributed by atoms with Gasteiger partial charge in [0.05, 0.1) is 12.0 Å². The smallest absolute Gasteiger partial charge is 0.367 e. The highest BCUT2D eigenvalue weighted by molar-refractivity contribution is 7.10. The summed E-state index contributed by atoms with van der Waals surface area (Å²) in [7, 11) is 0. The van der Waals surface area contributed by atoms with Gasteiger partial charge in [0.1, 0.15) is 0 Å². The molecule has 1 saturated heterocycles. The normalized spacial score (nSPS) is 15.5. The average Bonchev–Trinajstić information content (AvgIpc) is 3.07. The topological polar surface area (TPSA) is 23.6 Å². The van der Waals surface area contributed by atoms with E-state index in [0.29, 0.717) is 32.6 Å². The van der Waals surface area contributed by atoms with Crippen molar-refractivity contribution in [1.82, 2.24) is 4.90 Å². The fourth-order valence-electron chi connectivity index (χ4n) is 2.88. The van der Waals surface area contributed by atoms with Crippen LogP contribution in [-0.2, 0) is 17.4 Å². The molecule has 1 aromatic heterocycles. The standard InChI is InChI=1S/C17H16ClF3N2OS/c18-12-3-4-15(14(10-12)17(19,20)21)22-5-7-23(8-6-22)16(24)11-13-2-1-9-25-13/h1-4,9-10H,5-8,11H2. The zero-order chi connectivity index (χ0) is 18.0. The average molecular weight is 389 g/mol. The fraction of sp³-hybridized carbons (Fsp3) is 0.353. The van der Waals surface area contributed by atoms with Crippen molar-refractivity contribution in [3.63, 3.8) is 0 Å². The molecule has 0 radical (unpaired) electrons. The molecule has 25 heavy (non-hydrogen) atoms. The molecule has 1 aliphatic heterocycles. The predicted octanol–water partition coefficient (Wildman–Crippen LogP) is 4.31. The summed E-state index contributed by atoms with van der Waals surface area (Å²) < 4.78 is 39.8. The Labute approximate surface area is 152 Å². The second kappa shape index (κ2) is 7.25. The Balaban J connectivity index is 1.67. The zero-order valence-corrected chi connectivity index (χ0v) is 14.8. The highest BCUT2D eigenvalue weighted by atomic mass is 35.5. The number of benzene rings is 1. The minimum Gasteiger partial charge on any atom is -0.367 e. The number of hydrogen-bond acceptors (Lipinski definition) is 3. The van der Waals surface area contributed by atoms with Crippen LogP contribution in [0.3, 0.4) is 0 Å². The molecule has 2 heterocycles. The Morgan fingerprint density at radius 3 is 2.48 bits per heavy atom. The second-order valence-corrected chi connectivity index (χ2v) is 7.25. The van der Waals surface area contributed by atoms with E-state index < -0.39 is 11.7 Å². The number of rotatable bonds is 3. The van der Waals surface area contributed by atoms with E-state index >= 15 is 0 Å². The number of anilines is 1. The molecule has 0 spiro atoms. The van der Waals surface area contributed by atoms with Crippen LogP contribution in [0.1, 0.15) is 10.4 Å². The molecule has 8 heteroatoms. The van der Waals surface area contributed by atoms with Gasteiger partial charge in [0.2, 0.25) is 5.91 Å². The van der Waals surface area contributed by atoms with Crippen molar-refractivity contribution in [2.24, 2.45) is 0 Å². The first kappa shape index (κ1) is 18.1. The Bertz CT molecular complexity index is 741. The number of thiophene rings is 1. The Morgan fingerprint density at radius 1 is 1.16 bits per heavy atom. The monoisotopic (exact) mass is 388 g/mol. The molecule has 0 N–H and O–H groups in total. The molecule has 0 saturated carbocycles. The van der Waals surface area contributed by atoms with Crippen LogP contribution >= 0.6 is 22.9 Å². The lowest BCUT2D eigenvalue weighted by Gasteiger charge is -2.37. The minimum atomic E-state index is -4.47. The van der Waals surface area contributed by atoms with Crippen molar-refractivity contribution in [3.8, 4) is 0 Å². The van der Waals surface area contributed by atoms with Crippen LogP contribution in [0.5, 0.6) is 0 Å². The lowest BCUT2D eigenvalue weighted by molar-refractivity contribution is -0.137. The van der Waals surface area contributed by atoms with E-state index in [1.807, 2.05) is 17.5 Å². The molecule has 134 valence electrons. The third kappa shape index (κ3) is 4.27. The molecule has 1 aromatic carbocycles. The molecule has 0 aliphatic carbocycles. The highest BCUT2D eigenvalue weighted by Gasteiger charge is 2.36. The number of piperazine rings is 1. The molecule has 0 bridgehead atoms. The van der Waals surface area contributed by atoms with Gasteiger partial charge >= 0.3 is 6.18 Å². The number of hydrogen-bond donors (Lipinski definition) is 0. The third-order valence-electron chi connectivity index (χ3n) is 4.14. The SMILES string of the molecule is O=C(Cc1cccs1)N1CCN(c2ccc(Cl)cc2C(F)(F)F)CC1. The van der Waals surface area contributed by atoms with Crippen LogP contribution in [0.25, 0.3) is 0 Å². The lowest BCUT2D eigenvalue weighted by Crippen LogP contribution is -2.49. The van der Waals surface area contributed by atoms with Crippen molar-refractivity contribution < 1.29 is 18.0 Å². The maximum atomic E-state index is 13.3. The van der Waals surface area contributed by atoms with Crippen LogP contribution in [0.4, 0.5) is 18.9 Å². The highest BCUT2D eigenvalue weighted by Crippen LogP contribution is 2.38. The van der Waals surface area contributed by atoms with E-state index in [1.165, 1.54) is 23.5 Å². The van der Waals surface area contributed by atoms with Crippen LogP contribution < -0.4 is 4.90 Å². The molecule has 0 unspecified atom stereocenters. The molecule has 1 amide bonds. The summed E-state index contributed by atoms with van der Waals surface area (Å²) in [5.41, 5.74) is -0.624. The molecule has 0 atom stereocenters. The Hall–Kier alpha value is -1.73. The zero-order valence-electron chi connectivity index (χ0n) is 13.2. The van der Waals surface area contributed by atoms with Gasteiger partial charge in [0.15, 0.2) is 0 Å². The Kier molecular flexibility index (Phi) is 5.24. The number of carbonyl (C=O) groups excluding carboxylic acids is 1. The van der Waals surface area contributed by atoms with Gasteiger partial charge in [-0.25, -0.2) is 0 Å². The quantitative estimate of drug-likeness (QED) is 0.782. The first-order valence-electron chi connectivity index (χ1n) is 7.76. The van der Waals surface area contributed by atoms with E-state index in [2.05, 4.69) is 0 Å². The van der Waals surface area contributed by atoms with Crippen LogP contribution in [0, 0.1) is 0 Å². The van der Waals surface area contributed by atoms with E-state index in [4.69, 9.17) is 11.6 Å². The van der Waals surface area contributed by atoms with Gasteiger partial charge in [-0.1, -0.05) is 17.7 Å². The van der Waals surface area contributed by atoms with Gasteiger partial charge in [-0.15, -0.1) is 11.3 Å². The molecule has 3 rings (SSSR count). The van der Waals surface area contributed by atoms with Crippen LogP contribution in [-0.4, -0.2) is 37.0 Å².